The molecule has 1 aliphatic rings. The van der Waals surface area contributed by atoms with E-state index < -0.39 is 29.2 Å². The molecular formula is C17H14ClF6N3. The second-order valence-corrected chi connectivity index (χ2v) is 6.73. The Kier molecular flexibility index (Phi) is 4.78. The van der Waals surface area contributed by atoms with Crippen LogP contribution in [0, 0.1) is 6.92 Å². The molecule has 0 saturated heterocycles. The van der Waals surface area contributed by atoms with Crippen LogP contribution >= 0.6 is 11.6 Å². The average Bonchev–Trinajstić information content (AvgIpc) is 2.52. The molecule has 0 amide bonds. The molecule has 0 saturated carbocycles. The first-order valence-corrected chi connectivity index (χ1v) is 8.37. The van der Waals surface area contributed by atoms with Gasteiger partial charge in [-0.05, 0) is 37.5 Å². The second-order valence-electron chi connectivity index (χ2n) is 6.37. The lowest BCUT2D eigenvalue weighted by atomic mass is 9.94. The molecule has 1 aliphatic heterocycles. The smallest absolute Gasteiger partial charge is 0.325 e. The number of hydrogen-bond donors (Lipinski definition) is 0. The van der Waals surface area contributed by atoms with E-state index in [2.05, 4.69) is 9.97 Å². The Hall–Kier alpha value is -2.03. The van der Waals surface area contributed by atoms with E-state index in [4.69, 9.17) is 11.6 Å². The van der Waals surface area contributed by atoms with Gasteiger partial charge in [-0.3, -0.25) is 0 Å². The number of anilines is 2. The van der Waals surface area contributed by atoms with Gasteiger partial charge in [0.2, 0.25) is 0 Å². The lowest BCUT2D eigenvalue weighted by molar-refractivity contribution is -0.142. The number of halogens is 7. The van der Waals surface area contributed by atoms with Crippen molar-refractivity contribution in [1.82, 2.24) is 9.97 Å². The predicted molar refractivity (Wildman–Crippen MR) is 88.3 cm³/mol. The van der Waals surface area contributed by atoms with Gasteiger partial charge in [-0.15, -0.1) is 0 Å². The Morgan fingerprint density at radius 2 is 1.74 bits per heavy atom. The van der Waals surface area contributed by atoms with E-state index in [-0.39, 0.29) is 35.3 Å². The Morgan fingerprint density at radius 3 is 2.33 bits per heavy atom. The Bertz CT molecular complexity index is 878. The molecule has 27 heavy (non-hydrogen) atoms. The maximum absolute atomic E-state index is 13.5. The molecule has 0 unspecified atom stereocenters. The first-order valence-electron chi connectivity index (χ1n) is 7.99. The predicted octanol–water partition coefficient (Wildman–Crippen LogP) is 6.12. The molecule has 0 bridgehead atoms. The van der Waals surface area contributed by atoms with Gasteiger partial charge in [0, 0.05) is 12.1 Å². The lowest BCUT2D eigenvalue weighted by Crippen LogP contribution is -2.30. The molecule has 0 fully saturated rings. The van der Waals surface area contributed by atoms with E-state index in [1.807, 2.05) is 6.92 Å². The number of hydrogen-bond acceptors (Lipinski definition) is 3. The zero-order valence-electron chi connectivity index (χ0n) is 14.2. The fourth-order valence-electron chi connectivity index (χ4n) is 3.14. The third-order valence-corrected chi connectivity index (χ3v) is 4.73. The van der Waals surface area contributed by atoms with E-state index >= 15 is 0 Å². The molecule has 0 spiro atoms. The summed E-state index contributed by atoms with van der Waals surface area (Å²) < 4.78 is 79.3. The van der Waals surface area contributed by atoms with E-state index in [0.717, 1.165) is 6.07 Å². The van der Waals surface area contributed by atoms with Crippen molar-refractivity contribution in [2.75, 3.05) is 11.4 Å². The van der Waals surface area contributed by atoms with Crippen LogP contribution in [0.15, 0.2) is 18.2 Å². The van der Waals surface area contributed by atoms with Gasteiger partial charge >= 0.3 is 12.4 Å². The number of fused-ring (bicyclic) bond motifs is 1. The highest BCUT2D eigenvalue weighted by Gasteiger charge is 2.40. The topological polar surface area (TPSA) is 29.0 Å². The largest absolute Gasteiger partial charge is 0.418 e. The normalized spacial score (nSPS) is 17.8. The van der Waals surface area contributed by atoms with Crippen molar-refractivity contribution in [3.8, 4) is 0 Å². The fraction of sp³-hybridized carbons (Fsp3) is 0.412. The van der Waals surface area contributed by atoms with Crippen LogP contribution in [-0.2, 0) is 12.4 Å². The van der Waals surface area contributed by atoms with Gasteiger partial charge in [-0.2, -0.15) is 26.3 Å². The van der Waals surface area contributed by atoms with Gasteiger partial charge < -0.3 is 4.90 Å². The molecule has 0 aliphatic carbocycles. The fourth-order valence-corrected chi connectivity index (χ4v) is 3.54. The monoisotopic (exact) mass is 409 g/mol. The van der Waals surface area contributed by atoms with Gasteiger partial charge in [-0.25, -0.2) is 9.97 Å². The SMILES string of the molecule is Cc1nc(Cl)c2c(n1)N(c1ccc(C(F)(F)F)cc1C(F)(F)F)CC[C@H]2C. The summed E-state index contributed by atoms with van der Waals surface area (Å²) in [6.45, 7) is 3.55. The van der Waals surface area contributed by atoms with E-state index in [0.29, 0.717) is 18.1 Å². The number of nitrogens with zero attached hydrogens (tertiary/aromatic N) is 3. The van der Waals surface area contributed by atoms with Crippen LogP contribution in [0.5, 0.6) is 0 Å². The highest BCUT2D eigenvalue weighted by Crippen LogP contribution is 2.46. The first-order chi connectivity index (χ1) is 12.4. The van der Waals surface area contributed by atoms with Gasteiger partial charge in [0.05, 0.1) is 16.8 Å². The third kappa shape index (κ3) is 3.69. The number of alkyl halides is 6. The van der Waals surface area contributed by atoms with Crippen LogP contribution in [-0.4, -0.2) is 16.5 Å². The summed E-state index contributed by atoms with van der Waals surface area (Å²) in [5, 5.41) is 0.134. The Morgan fingerprint density at radius 1 is 1.07 bits per heavy atom. The molecule has 1 atom stereocenters. The minimum Gasteiger partial charge on any atom is -0.325 e. The van der Waals surface area contributed by atoms with Gasteiger partial charge in [0.25, 0.3) is 0 Å². The number of rotatable bonds is 1. The van der Waals surface area contributed by atoms with Crippen LogP contribution in [0.2, 0.25) is 5.15 Å². The quantitative estimate of drug-likeness (QED) is 0.419. The molecule has 1 aromatic heterocycles. The maximum atomic E-state index is 13.5. The third-order valence-electron chi connectivity index (χ3n) is 4.45. The zero-order chi connectivity index (χ0) is 20.1. The first kappa shape index (κ1) is 19.7. The van der Waals surface area contributed by atoms with E-state index in [1.54, 1.807) is 6.92 Å². The molecule has 10 heteroatoms. The minimum atomic E-state index is -4.97. The molecule has 2 heterocycles. The van der Waals surface area contributed by atoms with Crippen molar-refractivity contribution in [3.63, 3.8) is 0 Å². The van der Waals surface area contributed by atoms with Gasteiger partial charge in [-0.1, -0.05) is 18.5 Å². The van der Waals surface area contributed by atoms with Crippen molar-refractivity contribution >= 4 is 23.1 Å². The van der Waals surface area contributed by atoms with Crippen LogP contribution < -0.4 is 4.90 Å². The molecular weight excluding hydrogens is 396 g/mol. The second kappa shape index (κ2) is 6.54. The number of aromatic nitrogens is 2. The Balaban J connectivity index is 2.22. The zero-order valence-corrected chi connectivity index (χ0v) is 15.0. The number of aryl methyl sites for hydroxylation is 1. The van der Waals surface area contributed by atoms with Crippen molar-refractivity contribution < 1.29 is 26.3 Å². The van der Waals surface area contributed by atoms with Crippen molar-refractivity contribution in [2.24, 2.45) is 0 Å². The number of benzene rings is 1. The summed E-state index contributed by atoms with van der Waals surface area (Å²) in [7, 11) is 0. The maximum Gasteiger partial charge on any atom is 0.418 e. The molecule has 1 aromatic carbocycles. The van der Waals surface area contributed by atoms with Crippen LogP contribution in [0.4, 0.5) is 37.8 Å². The molecule has 0 N–H and O–H groups in total. The molecule has 3 nitrogen and oxygen atoms in total. The molecule has 2 aromatic rings. The standard InChI is InChI=1S/C17H14ClF6N3/c1-8-5-6-27(15-13(8)14(18)25-9(2)26-15)12-4-3-10(16(19,20)21)7-11(12)17(22,23)24/h3-4,7-8H,5-6H2,1-2H3/t8-/m1/s1. The van der Waals surface area contributed by atoms with Crippen molar-refractivity contribution in [2.45, 2.75) is 38.5 Å². The summed E-state index contributed by atoms with van der Waals surface area (Å²) >= 11 is 6.16. The molecule has 3 rings (SSSR count). The summed E-state index contributed by atoms with van der Waals surface area (Å²) in [4.78, 5) is 9.52. The van der Waals surface area contributed by atoms with Crippen LogP contribution in [0.25, 0.3) is 0 Å². The van der Waals surface area contributed by atoms with Gasteiger partial charge in [0.15, 0.2) is 0 Å². The summed E-state index contributed by atoms with van der Waals surface area (Å²) in [6.07, 6.45) is -9.39. The minimum absolute atomic E-state index is 0.0897. The highest BCUT2D eigenvalue weighted by molar-refractivity contribution is 6.30. The van der Waals surface area contributed by atoms with E-state index in [9.17, 15) is 26.3 Å². The van der Waals surface area contributed by atoms with Crippen LogP contribution in [0.3, 0.4) is 0 Å². The average molecular weight is 410 g/mol. The highest BCUT2D eigenvalue weighted by atomic mass is 35.5. The van der Waals surface area contributed by atoms with Crippen molar-refractivity contribution in [1.29, 1.82) is 0 Å². The van der Waals surface area contributed by atoms with Gasteiger partial charge in [0.1, 0.15) is 16.8 Å². The van der Waals surface area contributed by atoms with Crippen molar-refractivity contribution in [3.05, 3.63) is 45.9 Å². The van der Waals surface area contributed by atoms with Crippen LogP contribution in [0.1, 0.15) is 41.8 Å². The summed E-state index contributed by atoms with van der Waals surface area (Å²) in [5.74, 6) is 0.364. The lowest BCUT2D eigenvalue weighted by Gasteiger charge is -2.35. The summed E-state index contributed by atoms with van der Waals surface area (Å²) in [6, 6.07) is 1.59. The van der Waals surface area contributed by atoms with E-state index in [1.165, 1.54) is 4.90 Å². The Labute approximate surface area is 156 Å². The summed E-state index contributed by atoms with van der Waals surface area (Å²) in [5.41, 5.74) is -2.63. The molecule has 146 valence electrons. The molecule has 0 radical (unpaired) electrons.